The predicted molar refractivity (Wildman–Crippen MR) is 205 cm³/mol. The highest BCUT2D eigenvalue weighted by molar-refractivity contribution is 5.97. The second-order valence-corrected chi connectivity index (χ2v) is 13.2. The van der Waals surface area contributed by atoms with Gasteiger partial charge in [0.15, 0.2) is 0 Å². The van der Waals surface area contributed by atoms with E-state index in [2.05, 4.69) is 30.1 Å². The molecular weight excluding hydrogens is 726 g/mol. The topological polar surface area (TPSA) is 239 Å². The fourth-order valence-corrected chi connectivity index (χ4v) is 5.52. The Morgan fingerprint density at radius 2 is 1.02 bits per heavy atom. The Bertz CT molecular complexity index is 1240. The van der Waals surface area contributed by atoms with Crippen molar-refractivity contribution in [1.29, 1.82) is 10.5 Å². The van der Waals surface area contributed by atoms with Crippen LogP contribution in [0.2, 0.25) is 0 Å². The number of aliphatic imine (C=N–C) groups is 2. The summed E-state index contributed by atoms with van der Waals surface area (Å²) < 4.78 is 20.2. The molecule has 0 aromatic carbocycles. The standard InChI is InChI=1S/C39H63N7O10/c40-31-53-27-17-7-5-15-25-45-38(51)46(26-16-6-8-18-28-54-32-41)39(52)56-30-20-10-9-19-29-55-37(50)35(21-11-1-2-12-22-42-33-47)36(49)44-24-14-4-3-13-23-43-34-48/h35H,1-30H2,(H,44,49)(H,45,51). The maximum atomic E-state index is 12.9. The molecule has 1 atom stereocenters. The molecule has 17 nitrogen and oxygen atoms in total. The minimum absolute atomic E-state index is 0.120. The Labute approximate surface area is 331 Å². The molecule has 0 saturated heterocycles. The molecular formula is C39H63N7O10. The van der Waals surface area contributed by atoms with Crippen LogP contribution in [0, 0.1) is 29.0 Å². The molecule has 0 bridgehead atoms. The molecule has 0 spiro atoms. The van der Waals surface area contributed by atoms with Crippen LogP contribution in [0.5, 0.6) is 0 Å². The predicted octanol–water partition coefficient (Wildman–Crippen LogP) is 6.27. The highest BCUT2D eigenvalue weighted by Gasteiger charge is 2.27. The maximum absolute atomic E-state index is 12.9. The van der Waals surface area contributed by atoms with Crippen molar-refractivity contribution in [1.82, 2.24) is 15.5 Å². The average Bonchev–Trinajstić information content (AvgIpc) is 3.19. The van der Waals surface area contributed by atoms with E-state index in [1.54, 1.807) is 12.5 Å². The number of imide groups is 1. The van der Waals surface area contributed by atoms with Crippen LogP contribution in [0.25, 0.3) is 0 Å². The molecule has 0 aromatic heterocycles. The number of nitrogens with one attached hydrogen (secondary N) is 2. The van der Waals surface area contributed by atoms with Crippen molar-refractivity contribution in [2.75, 3.05) is 59.2 Å². The summed E-state index contributed by atoms with van der Waals surface area (Å²) in [5.41, 5.74) is 0. The van der Waals surface area contributed by atoms with E-state index in [1.807, 2.05) is 0 Å². The summed E-state index contributed by atoms with van der Waals surface area (Å²) in [5, 5.41) is 22.5. The van der Waals surface area contributed by atoms with Crippen LogP contribution in [0.4, 0.5) is 9.59 Å². The van der Waals surface area contributed by atoms with Crippen molar-refractivity contribution in [2.45, 2.75) is 135 Å². The first-order chi connectivity index (χ1) is 27.4. The van der Waals surface area contributed by atoms with Gasteiger partial charge in [-0.2, -0.15) is 10.5 Å². The zero-order chi connectivity index (χ0) is 41.2. The molecule has 0 saturated carbocycles. The van der Waals surface area contributed by atoms with Crippen LogP contribution >= 0.6 is 0 Å². The van der Waals surface area contributed by atoms with Gasteiger partial charge in [-0.05, 0) is 89.9 Å². The molecule has 0 rings (SSSR count). The minimum Gasteiger partial charge on any atom is -0.465 e. The van der Waals surface area contributed by atoms with Gasteiger partial charge < -0.3 is 29.6 Å². The Morgan fingerprint density at radius 1 is 0.554 bits per heavy atom. The van der Waals surface area contributed by atoms with Crippen molar-refractivity contribution in [3.8, 4) is 12.5 Å². The van der Waals surface area contributed by atoms with Gasteiger partial charge in [-0.3, -0.25) is 9.59 Å². The van der Waals surface area contributed by atoms with Crippen LogP contribution in [-0.2, 0) is 38.1 Å². The van der Waals surface area contributed by atoms with Crippen molar-refractivity contribution >= 4 is 36.2 Å². The van der Waals surface area contributed by atoms with Crippen LogP contribution in [0.1, 0.15) is 135 Å². The van der Waals surface area contributed by atoms with Gasteiger partial charge >= 0.3 is 18.1 Å². The van der Waals surface area contributed by atoms with Crippen molar-refractivity contribution in [3.63, 3.8) is 0 Å². The van der Waals surface area contributed by atoms with Gasteiger partial charge in [0.25, 0.3) is 12.5 Å². The van der Waals surface area contributed by atoms with Crippen molar-refractivity contribution < 1.29 is 47.7 Å². The third-order valence-corrected chi connectivity index (χ3v) is 8.67. The zero-order valence-corrected chi connectivity index (χ0v) is 33.1. The highest BCUT2D eigenvalue weighted by Crippen LogP contribution is 2.15. The molecule has 4 amide bonds. The van der Waals surface area contributed by atoms with Gasteiger partial charge in [-0.15, -0.1) is 0 Å². The van der Waals surface area contributed by atoms with Gasteiger partial charge in [0.2, 0.25) is 18.1 Å². The van der Waals surface area contributed by atoms with E-state index in [9.17, 15) is 28.8 Å². The molecule has 0 aliphatic rings. The molecule has 0 radical (unpaired) electrons. The fourth-order valence-electron chi connectivity index (χ4n) is 5.52. The SMILES string of the molecule is N#COCCCCCCNC(=O)N(CCCCCCOC#N)C(=O)OCCCCCCOC(=O)C(CCCCCCN=C=O)C(=O)NCCCCCCN=C=O. The summed E-state index contributed by atoms with van der Waals surface area (Å²) in [7, 11) is 0. The number of carbonyl (C=O) groups excluding carboxylic acids is 6. The Morgan fingerprint density at radius 3 is 1.57 bits per heavy atom. The van der Waals surface area contributed by atoms with Crippen molar-refractivity contribution in [2.24, 2.45) is 15.9 Å². The lowest BCUT2D eigenvalue weighted by Crippen LogP contribution is -2.45. The first-order valence-corrected chi connectivity index (χ1v) is 20.2. The monoisotopic (exact) mass is 789 g/mol. The lowest BCUT2D eigenvalue weighted by Gasteiger charge is -2.21. The number of hydrogen-bond donors (Lipinski definition) is 2. The van der Waals surface area contributed by atoms with E-state index in [1.165, 1.54) is 12.2 Å². The normalized spacial score (nSPS) is 10.7. The summed E-state index contributed by atoms with van der Waals surface area (Å²) in [6.45, 7) is 2.83. The number of amides is 4. The van der Waals surface area contributed by atoms with E-state index >= 15 is 0 Å². The molecule has 0 aliphatic heterocycles. The number of nitrogens with zero attached hydrogens (tertiary/aromatic N) is 5. The van der Waals surface area contributed by atoms with Gasteiger partial charge in [0.05, 0.1) is 26.3 Å². The minimum atomic E-state index is -0.919. The molecule has 0 aliphatic carbocycles. The summed E-state index contributed by atoms with van der Waals surface area (Å²) in [6.07, 6.45) is 20.6. The van der Waals surface area contributed by atoms with Crippen LogP contribution in [0.3, 0.4) is 0 Å². The lowest BCUT2D eigenvalue weighted by molar-refractivity contribution is -0.153. The van der Waals surface area contributed by atoms with Gasteiger partial charge in [0.1, 0.15) is 19.1 Å². The van der Waals surface area contributed by atoms with Gasteiger partial charge in [0, 0.05) is 19.6 Å². The summed E-state index contributed by atoms with van der Waals surface area (Å²) >= 11 is 0. The number of esters is 1. The number of isocyanates is 2. The Kier molecular flexibility index (Phi) is 36.2. The molecule has 17 heteroatoms. The second kappa shape index (κ2) is 39.7. The highest BCUT2D eigenvalue weighted by atomic mass is 16.6. The molecule has 56 heavy (non-hydrogen) atoms. The summed E-state index contributed by atoms with van der Waals surface area (Å²) in [6, 6.07) is -0.521. The fraction of sp³-hybridized carbons (Fsp3) is 0.795. The largest absolute Gasteiger partial charge is 0.465 e. The number of nitriles is 2. The van der Waals surface area contributed by atoms with Gasteiger partial charge in [-0.1, -0.05) is 44.9 Å². The van der Waals surface area contributed by atoms with Crippen molar-refractivity contribution in [3.05, 3.63) is 0 Å². The number of urea groups is 1. The molecule has 0 fully saturated rings. The maximum Gasteiger partial charge on any atom is 0.417 e. The number of rotatable bonds is 37. The number of unbranched alkanes of at least 4 members (excludes halogenated alkanes) is 15. The Balaban J connectivity index is 4.68. The average molecular weight is 790 g/mol. The number of hydrogen-bond acceptors (Lipinski definition) is 14. The van der Waals surface area contributed by atoms with Gasteiger partial charge in [-0.25, -0.2) is 34.1 Å². The van der Waals surface area contributed by atoms with Crippen LogP contribution in [0.15, 0.2) is 9.98 Å². The molecule has 0 aromatic rings. The smallest absolute Gasteiger partial charge is 0.417 e. The van der Waals surface area contributed by atoms with Crippen LogP contribution < -0.4 is 10.6 Å². The lowest BCUT2D eigenvalue weighted by atomic mass is 9.99. The first kappa shape index (κ1) is 51.0. The summed E-state index contributed by atoms with van der Waals surface area (Å²) in [4.78, 5) is 80.2. The van der Waals surface area contributed by atoms with E-state index in [0.29, 0.717) is 97.2 Å². The molecule has 1 unspecified atom stereocenters. The van der Waals surface area contributed by atoms with E-state index in [4.69, 9.17) is 20.0 Å². The first-order valence-electron chi connectivity index (χ1n) is 20.2. The van der Waals surface area contributed by atoms with E-state index < -0.39 is 24.0 Å². The quantitative estimate of drug-likeness (QED) is 0.0177. The third kappa shape index (κ3) is 31.4. The van der Waals surface area contributed by atoms with E-state index in [0.717, 1.165) is 81.9 Å². The number of carbonyl (C=O) groups is 4. The van der Waals surface area contributed by atoms with Crippen LogP contribution in [-0.4, -0.2) is 100 Å². The molecule has 2 N–H and O–H groups in total. The number of ether oxygens (including phenoxy) is 4. The second-order valence-electron chi connectivity index (χ2n) is 13.2. The molecule has 0 heterocycles. The van der Waals surface area contributed by atoms with E-state index in [-0.39, 0.29) is 25.7 Å². The third-order valence-electron chi connectivity index (χ3n) is 8.67. The summed E-state index contributed by atoms with van der Waals surface area (Å²) in [5.74, 6) is -1.84. The molecule has 314 valence electrons. The zero-order valence-electron chi connectivity index (χ0n) is 33.1. The Hall–Kier alpha value is -4.98.